The van der Waals surface area contributed by atoms with E-state index >= 15 is 0 Å². The van der Waals surface area contributed by atoms with Crippen molar-refractivity contribution in [2.24, 2.45) is 11.8 Å². The van der Waals surface area contributed by atoms with Gasteiger partial charge in [-0.15, -0.1) is 0 Å². The molecule has 38 heavy (non-hydrogen) atoms. The molecule has 0 bridgehead atoms. The van der Waals surface area contributed by atoms with Crippen molar-refractivity contribution in [3.63, 3.8) is 0 Å². The van der Waals surface area contributed by atoms with Gasteiger partial charge < -0.3 is 22.9 Å². The number of carbonyl (C=O) groups is 1. The molecule has 1 aromatic rings. The molecule has 0 radical (unpaired) electrons. The lowest BCUT2D eigenvalue weighted by atomic mass is 9.92. The molecular formula is C29H51O7PSi. The molecule has 0 saturated heterocycles. The largest absolute Gasteiger partial charge is 0.461 e. The molecule has 3 atom stereocenters. The van der Waals surface area contributed by atoms with Gasteiger partial charge in [0.05, 0.1) is 26.4 Å². The van der Waals surface area contributed by atoms with Crippen LogP contribution in [0.5, 0.6) is 0 Å². The molecule has 218 valence electrons. The van der Waals surface area contributed by atoms with Crippen LogP contribution in [0.2, 0.25) is 18.1 Å². The Balaban J connectivity index is 2.90. The van der Waals surface area contributed by atoms with Crippen molar-refractivity contribution >= 4 is 21.9 Å². The molecule has 0 aromatic heterocycles. The van der Waals surface area contributed by atoms with E-state index in [2.05, 4.69) is 47.4 Å². The number of rotatable bonds is 18. The Morgan fingerprint density at radius 2 is 1.61 bits per heavy atom. The third kappa shape index (κ3) is 12.3. The van der Waals surface area contributed by atoms with Crippen molar-refractivity contribution < 1.29 is 32.3 Å². The highest BCUT2D eigenvalue weighted by atomic mass is 31.2. The number of hydrogen-bond acceptors (Lipinski definition) is 7. The van der Waals surface area contributed by atoms with Crippen LogP contribution in [0.25, 0.3) is 0 Å². The molecule has 1 rings (SSSR count). The second-order valence-electron chi connectivity index (χ2n) is 11.4. The van der Waals surface area contributed by atoms with Crippen LogP contribution >= 0.6 is 7.60 Å². The lowest BCUT2D eigenvalue weighted by Gasteiger charge is -2.38. The van der Waals surface area contributed by atoms with Crippen LogP contribution in [0.3, 0.4) is 0 Å². The zero-order valence-electron chi connectivity index (χ0n) is 25.1. The predicted octanol–water partition coefficient (Wildman–Crippen LogP) is 7.62. The first-order valence-electron chi connectivity index (χ1n) is 13.6. The van der Waals surface area contributed by atoms with Crippen LogP contribution in [0.4, 0.5) is 0 Å². The minimum Gasteiger partial charge on any atom is -0.461 e. The van der Waals surface area contributed by atoms with E-state index in [1.165, 1.54) is 0 Å². The van der Waals surface area contributed by atoms with E-state index in [0.717, 1.165) is 11.1 Å². The lowest BCUT2D eigenvalue weighted by Crippen LogP contribution is -2.43. The molecular weight excluding hydrogens is 519 g/mol. The van der Waals surface area contributed by atoms with Gasteiger partial charge in [0.2, 0.25) is 0 Å². The van der Waals surface area contributed by atoms with Gasteiger partial charge in [-0.3, -0.25) is 9.36 Å². The average Bonchev–Trinajstić information content (AvgIpc) is 2.82. The van der Waals surface area contributed by atoms with Crippen LogP contribution in [-0.4, -0.2) is 53.0 Å². The van der Waals surface area contributed by atoms with E-state index in [4.69, 9.17) is 22.9 Å². The van der Waals surface area contributed by atoms with E-state index in [1.807, 2.05) is 37.3 Å². The van der Waals surface area contributed by atoms with Crippen molar-refractivity contribution in [1.29, 1.82) is 0 Å². The second kappa shape index (κ2) is 16.1. The molecule has 0 saturated carbocycles. The summed E-state index contributed by atoms with van der Waals surface area (Å²) in [4.78, 5) is 12.9. The number of carbonyl (C=O) groups excluding carboxylic acids is 1. The molecule has 7 nitrogen and oxygen atoms in total. The van der Waals surface area contributed by atoms with Gasteiger partial charge in [-0.2, -0.15) is 0 Å². The number of benzene rings is 1. The van der Waals surface area contributed by atoms with Crippen LogP contribution in [0.15, 0.2) is 42.5 Å². The molecule has 0 fully saturated rings. The summed E-state index contributed by atoms with van der Waals surface area (Å²) in [7, 11) is -5.56. The summed E-state index contributed by atoms with van der Waals surface area (Å²) in [6.45, 7) is 24.6. The van der Waals surface area contributed by atoms with Crippen LogP contribution in [0.1, 0.15) is 60.5 Å². The summed E-state index contributed by atoms with van der Waals surface area (Å²) in [5.74, 6) is -0.646. The monoisotopic (exact) mass is 570 g/mol. The van der Waals surface area contributed by atoms with E-state index in [0.29, 0.717) is 26.2 Å². The number of ether oxygens (including phenoxy) is 2. The predicted molar refractivity (Wildman–Crippen MR) is 157 cm³/mol. The van der Waals surface area contributed by atoms with Crippen molar-refractivity contribution in [3.8, 4) is 0 Å². The van der Waals surface area contributed by atoms with Crippen LogP contribution in [-0.2, 0) is 38.9 Å². The maximum atomic E-state index is 12.9. The Bertz CT molecular complexity index is 888. The van der Waals surface area contributed by atoms with Gasteiger partial charge in [0.15, 0.2) is 8.32 Å². The van der Waals surface area contributed by atoms with Crippen LogP contribution < -0.4 is 0 Å². The topological polar surface area (TPSA) is 80.3 Å². The van der Waals surface area contributed by atoms with Gasteiger partial charge in [0, 0.05) is 24.9 Å². The highest BCUT2D eigenvalue weighted by molar-refractivity contribution is 7.54. The smallest absolute Gasteiger partial charge is 0.341 e. The molecule has 0 spiro atoms. The minimum absolute atomic E-state index is 0.0615. The SMILES string of the molecule is C=C(C[C@H](OC(=O)CP(=O)(OCC)OCC)[C@@H](C)CO[Si](C)(C)C(C)(C)C)[C@H](C)COCc1ccccc1. The molecule has 0 N–H and O–H groups in total. The first kappa shape index (κ1) is 34.7. The van der Waals surface area contributed by atoms with Crippen molar-refractivity contribution in [3.05, 3.63) is 48.0 Å². The van der Waals surface area contributed by atoms with Gasteiger partial charge in [-0.1, -0.05) is 77.1 Å². The summed E-state index contributed by atoms with van der Waals surface area (Å²) in [6, 6.07) is 10.0. The zero-order chi connectivity index (χ0) is 29.0. The summed E-state index contributed by atoms with van der Waals surface area (Å²) < 4.78 is 41.8. The average molecular weight is 571 g/mol. The zero-order valence-corrected chi connectivity index (χ0v) is 27.0. The summed E-state index contributed by atoms with van der Waals surface area (Å²) in [5.41, 5.74) is 2.04. The molecule has 0 aliphatic heterocycles. The van der Waals surface area contributed by atoms with Gasteiger partial charge in [-0.25, -0.2) is 0 Å². The maximum absolute atomic E-state index is 12.9. The normalized spacial score (nSPS) is 15.1. The molecule has 0 aliphatic carbocycles. The fraction of sp³-hybridized carbons (Fsp3) is 0.690. The Kier molecular flexibility index (Phi) is 14.7. The quantitative estimate of drug-likeness (QED) is 0.0777. The van der Waals surface area contributed by atoms with Crippen LogP contribution in [0, 0.1) is 11.8 Å². The molecule has 0 aliphatic rings. The van der Waals surface area contributed by atoms with E-state index in [1.54, 1.807) is 13.8 Å². The third-order valence-corrected chi connectivity index (χ3v) is 13.5. The van der Waals surface area contributed by atoms with Gasteiger partial charge >= 0.3 is 13.6 Å². The van der Waals surface area contributed by atoms with E-state index < -0.39 is 34.1 Å². The number of esters is 1. The molecule has 1 aromatic carbocycles. The Morgan fingerprint density at radius 1 is 1.03 bits per heavy atom. The minimum atomic E-state index is -3.56. The highest BCUT2D eigenvalue weighted by Gasteiger charge is 2.38. The maximum Gasteiger partial charge on any atom is 0.341 e. The first-order chi connectivity index (χ1) is 17.6. The highest BCUT2D eigenvalue weighted by Crippen LogP contribution is 2.48. The summed E-state index contributed by atoms with van der Waals surface area (Å²) >= 11 is 0. The standard InChI is InChI=1S/C29H51O7PSi/c1-11-33-37(31,34-12-2)22-28(30)36-27(25(5)20-35-38(9,10)29(6,7)8)18-23(3)24(4)19-32-21-26-16-14-13-15-17-26/h13-17,24-25,27H,3,11-12,18-22H2,1-2,4-10H3/t24-,25+,27+/m1/s1. The third-order valence-electron chi connectivity index (χ3n) is 7.04. The fourth-order valence-electron chi connectivity index (χ4n) is 3.41. The lowest BCUT2D eigenvalue weighted by molar-refractivity contribution is -0.149. The molecule has 0 heterocycles. The Morgan fingerprint density at radius 3 is 2.13 bits per heavy atom. The van der Waals surface area contributed by atoms with Gasteiger partial charge in [0.25, 0.3) is 0 Å². The first-order valence-corrected chi connectivity index (χ1v) is 18.3. The Hall–Kier alpha value is -1.28. The summed E-state index contributed by atoms with van der Waals surface area (Å²) in [5, 5.41) is 0.0642. The van der Waals surface area contributed by atoms with Crippen molar-refractivity contribution in [2.75, 3.05) is 32.6 Å². The molecule has 0 unspecified atom stereocenters. The van der Waals surface area contributed by atoms with E-state index in [9.17, 15) is 9.36 Å². The molecule has 0 amide bonds. The van der Waals surface area contributed by atoms with Crippen molar-refractivity contribution in [1.82, 2.24) is 0 Å². The number of hydrogen-bond donors (Lipinski definition) is 0. The van der Waals surface area contributed by atoms with E-state index in [-0.39, 0.29) is 30.1 Å². The van der Waals surface area contributed by atoms with Gasteiger partial charge in [-0.05, 0) is 37.5 Å². The second-order valence-corrected chi connectivity index (χ2v) is 18.3. The Labute approximate surface area is 232 Å². The van der Waals surface area contributed by atoms with Gasteiger partial charge in [0.1, 0.15) is 12.3 Å². The fourth-order valence-corrected chi connectivity index (χ4v) is 5.96. The molecule has 9 heteroatoms. The summed E-state index contributed by atoms with van der Waals surface area (Å²) in [6.07, 6.45) is -0.464. The van der Waals surface area contributed by atoms with Crippen molar-refractivity contribution in [2.45, 2.75) is 85.7 Å².